The number of ether oxygens (including phenoxy) is 1. The van der Waals surface area contributed by atoms with E-state index >= 15 is 0 Å². The molecule has 0 saturated carbocycles. The molecule has 3 rings (SSSR count). The highest BCUT2D eigenvalue weighted by Crippen LogP contribution is 2.27. The number of aromatic nitrogens is 1. The van der Waals surface area contributed by atoms with Crippen molar-refractivity contribution in [2.45, 2.75) is 39.3 Å². The fraction of sp³-hybridized carbons (Fsp3) is 0.435. The van der Waals surface area contributed by atoms with Gasteiger partial charge < -0.3 is 19.5 Å². The molecule has 1 N–H and O–H groups in total. The third-order valence-corrected chi connectivity index (χ3v) is 5.97. The van der Waals surface area contributed by atoms with Crippen LogP contribution in [0.3, 0.4) is 0 Å². The number of likely N-dealkylation sites (N-methyl/N-ethyl adjacent to an activating group) is 1. The smallest absolute Gasteiger partial charge is 0.262 e. The molecule has 0 unspecified atom stereocenters. The van der Waals surface area contributed by atoms with Gasteiger partial charge in [-0.05, 0) is 51.0 Å². The standard InChI is InChI=1S/C23H27BrN4O3/c1-3-27(4-2)22(29)15-28-14-17(20-11-18(24)7-8-21(20)28)10-16(12-25)23(30)26-13-19-6-5-9-31-19/h7-8,10-11,14,19H,3-6,9,13,15H2,1-2H3,(H,26,30)/b16-10+/t19-/m0/s1. The van der Waals surface area contributed by atoms with E-state index in [0.717, 1.165) is 28.2 Å². The first kappa shape index (κ1) is 23.0. The van der Waals surface area contributed by atoms with Gasteiger partial charge in [0.25, 0.3) is 5.91 Å². The summed E-state index contributed by atoms with van der Waals surface area (Å²) in [4.78, 5) is 27.0. The van der Waals surface area contributed by atoms with E-state index in [0.29, 0.717) is 31.8 Å². The lowest BCUT2D eigenvalue weighted by molar-refractivity contribution is -0.131. The van der Waals surface area contributed by atoms with E-state index < -0.39 is 5.91 Å². The maximum atomic E-state index is 12.6. The molecule has 1 aliphatic rings. The molecule has 1 saturated heterocycles. The summed E-state index contributed by atoms with van der Waals surface area (Å²) in [7, 11) is 0. The number of hydrogen-bond acceptors (Lipinski definition) is 4. The number of benzene rings is 1. The van der Waals surface area contributed by atoms with Gasteiger partial charge in [-0.15, -0.1) is 0 Å². The molecule has 2 heterocycles. The van der Waals surface area contributed by atoms with Gasteiger partial charge in [-0.3, -0.25) is 9.59 Å². The molecule has 7 nitrogen and oxygen atoms in total. The number of carbonyl (C=O) groups excluding carboxylic acids is 2. The van der Waals surface area contributed by atoms with Crippen LogP contribution in [0.1, 0.15) is 32.3 Å². The Morgan fingerprint density at radius 1 is 1.39 bits per heavy atom. The van der Waals surface area contributed by atoms with Gasteiger partial charge in [-0.2, -0.15) is 5.26 Å². The zero-order valence-electron chi connectivity index (χ0n) is 17.9. The predicted molar refractivity (Wildman–Crippen MR) is 123 cm³/mol. The fourth-order valence-electron chi connectivity index (χ4n) is 3.78. The van der Waals surface area contributed by atoms with Crippen molar-refractivity contribution in [2.75, 3.05) is 26.2 Å². The lowest BCUT2D eigenvalue weighted by atomic mass is 10.1. The van der Waals surface area contributed by atoms with Crippen molar-refractivity contribution in [1.29, 1.82) is 5.26 Å². The molecule has 0 aliphatic carbocycles. The topological polar surface area (TPSA) is 87.4 Å². The molecule has 1 fully saturated rings. The minimum atomic E-state index is -0.423. The summed E-state index contributed by atoms with van der Waals surface area (Å²) in [6, 6.07) is 7.77. The summed E-state index contributed by atoms with van der Waals surface area (Å²) >= 11 is 3.48. The molecule has 2 aromatic rings. The van der Waals surface area contributed by atoms with Crippen molar-refractivity contribution in [2.24, 2.45) is 0 Å². The summed E-state index contributed by atoms with van der Waals surface area (Å²) in [5.74, 6) is -0.400. The van der Waals surface area contributed by atoms with Gasteiger partial charge in [0.1, 0.15) is 18.2 Å². The average Bonchev–Trinajstić information content (AvgIpc) is 3.39. The second-order valence-corrected chi connectivity index (χ2v) is 8.37. The SMILES string of the molecule is CCN(CC)C(=O)Cn1cc(/C=C(\C#N)C(=O)NC[C@@H]2CCCO2)c2cc(Br)ccc21. The van der Waals surface area contributed by atoms with Crippen LogP contribution < -0.4 is 5.32 Å². The van der Waals surface area contributed by atoms with Crippen LogP contribution in [0.5, 0.6) is 0 Å². The van der Waals surface area contributed by atoms with Gasteiger partial charge in [0.2, 0.25) is 5.91 Å². The van der Waals surface area contributed by atoms with Crippen molar-refractivity contribution in [1.82, 2.24) is 14.8 Å². The van der Waals surface area contributed by atoms with E-state index in [1.54, 1.807) is 11.0 Å². The first-order chi connectivity index (χ1) is 15.0. The van der Waals surface area contributed by atoms with Crippen molar-refractivity contribution >= 4 is 44.7 Å². The number of halogens is 1. The first-order valence-electron chi connectivity index (χ1n) is 10.5. The number of fused-ring (bicyclic) bond motifs is 1. The number of rotatable bonds is 8. The van der Waals surface area contributed by atoms with Crippen molar-refractivity contribution in [3.8, 4) is 6.07 Å². The summed E-state index contributed by atoms with van der Waals surface area (Å²) < 4.78 is 8.27. The monoisotopic (exact) mass is 486 g/mol. The number of nitrogens with one attached hydrogen (secondary N) is 1. The quantitative estimate of drug-likeness (QED) is 0.456. The molecule has 31 heavy (non-hydrogen) atoms. The molecule has 1 aromatic heterocycles. The van der Waals surface area contributed by atoms with Crippen molar-refractivity contribution in [3.63, 3.8) is 0 Å². The molecule has 0 spiro atoms. The minimum absolute atomic E-state index is 0.00727. The Bertz CT molecular complexity index is 1030. The van der Waals surface area contributed by atoms with Gasteiger partial charge >= 0.3 is 0 Å². The summed E-state index contributed by atoms with van der Waals surface area (Å²) in [6.07, 6.45) is 5.31. The van der Waals surface area contributed by atoms with Gasteiger partial charge in [0, 0.05) is 53.4 Å². The molecular formula is C23H27BrN4O3. The Kier molecular flexibility index (Phi) is 7.88. The number of carbonyl (C=O) groups is 2. The zero-order chi connectivity index (χ0) is 22.4. The van der Waals surface area contributed by atoms with Crippen LogP contribution in [-0.4, -0.2) is 53.6 Å². The number of amides is 2. The van der Waals surface area contributed by atoms with Crippen LogP contribution in [0.4, 0.5) is 0 Å². The van der Waals surface area contributed by atoms with E-state index in [2.05, 4.69) is 21.2 Å². The van der Waals surface area contributed by atoms with Gasteiger partial charge in [-0.1, -0.05) is 15.9 Å². The summed E-state index contributed by atoms with van der Waals surface area (Å²) in [5.41, 5.74) is 1.60. The van der Waals surface area contributed by atoms with Crippen LogP contribution in [0.25, 0.3) is 17.0 Å². The molecule has 0 bridgehead atoms. The Morgan fingerprint density at radius 3 is 2.81 bits per heavy atom. The Morgan fingerprint density at radius 2 is 2.16 bits per heavy atom. The highest BCUT2D eigenvalue weighted by Gasteiger charge is 2.19. The molecule has 1 atom stereocenters. The molecule has 1 aliphatic heterocycles. The predicted octanol–water partition coefficient (Wildman–Crippen LogP) is 3.47. The average molecular weight is 487 g/mol. The largest absolute Gasteiger partial charge is 0.376 e. The fourth-order valence-corrected chi connectivity index (χ4v) is 4.14. The van der Waals surface area contributed by atoms with E-state index in [1.807, 2.05) is 48.9 Å². The van der Waals surface area contributed by atoms with E-state index in [9.17, 15) is 14.9 Å². The van der Waals surface area contributed by atoms with Crippen LogP contribution >= 0.6 is 15.9 Å². The van der Waals surface area contributed by atoms with E-state index in [1.165, 1.54) is 0 Å². The highest BCUT2D eigenvalue weighted by atomic mass is 79.9. The van der Waals surface area contributed by atoms with Crippen molar-refractivity contribution in [3.05, 3.63) is 40.0 Å². The van der Waals surface area contributed by atoms with Gasteiger partial charge in [-0.25, -0.2) is 0 Å². The maximum Gasteiger partial charge on any atom is 0.262 e. The normalized spacial score (nSPS) is 16.3. The highest BCUT2D eigenvalue weighted by molar-refractivity contribution is 9.10. The molecule has 0 radical (unpaired) electrons. The van der Waals surface area contributed by atoms with Crippen LogP contribution in [0.2, 0.25) is 0 Å². The third-order valence-electron chi connectivity index (χ3n) is 5.47. The molecule has 164 valence electrons. The number of nitriles is 1. The Balaban J connectivity index is 1.89. The minimum Gasteiger partial charge on any atom is -0.376 e. The number of nitrogens with zero attached hydrogens (tertiary/aromatic N) is 3. The van der Waals surface area contributed by atoms with Crippen LogP contribution in [-0.2, 0) is 20.9 Å². The molecule has 2 amide bonds. The van der Waals surface area contributed by atoms with Gasteiger partial charge in [0.05, 0.1) is 6.10 Å². The van der Waals surface area contributed by atoms with Gasteiger partial charge in [0.15, 0.2) is 0 Å². The van der Waals surface area contributed by atoms with Crippen LogP contribution in [0, 0.1) is 11.3 Å². The second-order valence-electron chi connectivity index (χ2n) is 7.45. The van der Waals surface area contributed by atoms with Crippen molar-refractivity contribution < 1.29 is 14.3 Å². The third kappa shape index (κ3) is 5.54. The lowest BCUT2D eigenvalue weighted by Crippen LogP contribution is -2.33. The maximum absolute atomic E-state index is 12.6. The van der Waals surface area contributed by atoms with E-state index in [-0.39, 0.29) is 24.1 Å². The first-order valence-corrected chi connectivity index (χ1v) is 11.3. The van der Waals surface area contributed by atoms with E-state index in [4.69, 9.17) is 4.74 Å². The number of hydrogen-bond donors (Lipinski definition) is 1. The molecule has 8 heteroatoms. The zero-order valence-corrected chi connectivity index (χ0v) is 19.4. The Labute approximate surface area is 190 Å². The second kappa shape index (κ2) is 10.6. The Hall–Kier alpha value is -2.63. The molecular weight excluding hydrogens is 460 g/mol. The summed E-state index contributed by atoms with van der Waals surface area (Å²) in [5, 5.41) is 13.2. The lowest BCUT2D eigenvalue weighted by Gasteiger charge is -2.19. The molecule has 1 aromatic carbocycles. The van der Waals surface area contributed by atoms with Crippen LogP contribution in [0.15, 0.2) is 34.4 Å². The summed E-state index contributed by atoms with van der Waals surface area (Å²) in [6.45, 7) is 6.50.